The number of fused-ring (bicyclic) bond motifs is 1. The molecule has 0 atom stereocenters. The van der Waals surface area contributed by atoms with Gasteiger partial charge in [-0.05, 0) is 17.7 Å². The highest BCUT2D eigenvalue weighted by atomic mass is 35.5. The molecule has 0 N–H and O–H groups in total. The van der Waals surface area contributed by atoms with Gasteiger partial charge in [-0.3, -0.25) is 0 Å². The van der Waals surface area contributed by atoms with Gasteiger partial charge in [0.2, 0.25) is 0 Å². The number of benzene rings is 2. The number of nitrogens with zero attached hydrogens (tertiary/aromatic N) is 2. The molecule has 0 saturated heterocycles. The molecule has 0 aliphatic carbocycles. The van der Waals surface area contributed by atoms with E-state index in [0.29, 0.717) is 0 Å². The fourth-order valence-corrected chi connectivity index (χ4v) is 2.41. The molecule has 0 bridgehead atoms. The van der Waals surface area contributed by atoms with Crippen molar-refractivity contribution < 1.29 is 17.0 Å². The van der Waals surface area contributed by atoms with Gasteiger partial charge in [-0.2, -0.15) is 4.57 Å². The van der Waals surface area contributed by atoms with E-state index in [2.05, 4.69) is 65.1 Å². The molecule has 0 aliphatic rings. The van der Waals surface area contributed by atoms with Crippen molar-refractivity contribution in [2.45, 2.75) is 20.4 Å². The lowest BCUT2D eigenvalue weighted by Crippen LogP contribution is -3.00. The Balaban J connectivity index is 0.00000147. The fraction of sp³-hybridized carbons (Fsp3) is 0.176. The van der Waals surface area contributed by atoms with Crippen molar-refractivity contribution in [1.29, 1.82) is 0 Å². The number of hydrogen-bond acceptors (Lipinski definition) is 1. The van der Waals surface area contributed by atoms with Crippen molar-refractivity contribution in [2.24, 2.45) is 0 Å². The van der Waals surface area contributed by atoms with E-state index in [1.165, 1.54) is 22.0 Å². The van der Waals surface area contributed by atoms with Crippen LogP contribution in [0.1, 0.15) is 17.0 Å². The van der Waals surface area contributed by atoms with Crippen molar-refractivity contribution in [2.75, 3.05) is 0 Å². The quantitative estimate of drug-likeness (QED) is 0.614. The van der Waals surface area contributed by atoms with Gasteiger partial charge in [0.15, 0.2) is 18.4 Å². The maximum Gasteiger partial charge on any atom is 0.196 e. The topological polar surface area (TPSA) is 16.8 Å². The SMILES string of the molecule is Cc1c[n+](Cc2cccc3ccccc23)c(C)cn1.[Cl-]. The molecule has 2 aromatic carbocycles. The molecular weight excluding hydrogens is 268 g/mol. The van der Waals surface area contributed by atoms with Crippen LogP contribution in [0.4, 0.5) is 0 Å². The number of rotatable bonds is 2. The third-order valence-corrected chi connectivity index (χ3v) is 3.47. The summed E-state index contributed by atoms with van der Waals surface area (Å²) in [6, 6.07) is 15.0. The molecule has 0 unspecified atom stereocenters. The molecule has 0 saturated carbocycles. The molecule has 3 rings (SSSR count). The van der Waals surface area contributed by atoms with Gasteiger partial charge >= 0.3 is 0 Å². The minimum Gasteiger partial charge on any atom is -1.00 e. The maximum atomic E-state index is 4.32. The molecule has 1 heterocycles. The Bertz CT molecular complexity index is 733. The predicted molar refractivity (Wildman–Crippen MR) is 77.0 cm³/mol. The molecule has 0 amide bonds. The Morgan fingerprint density at radius 1 is 1.00 bits per heavy atom. The van der Waals surface area contributed by atoms with Crippen LogP contribution in [-0.4, -0.2) is 4.98 Å². The smallest absolute Gasteiger partial charge is 0.196 e. The third-order valence-electron chi connectivity index (χ3n) is 3.47. The van der Waals surface area contributed by atoms with Crippen LogP contribution in [0.5, 0.6) is 0 Å². The summed E-state index contributed by atoms with van der Waals surface area (Å²) in [5.41, 5.74) is 3.57. The summed E-state index contributed by atoms with van der Waals surface area (Å²) in [6.07, 6.45) is 4.04. The third kappa shape index (κ3) is 2.81. The van der Waals surface area contributed by atoms with Crippen LogP contribution in [0.15, 0.2) is 54.9 Å². The normalized spacial score (nSPS) is 10.3. The Labute approximate surface area is 125 Å². The predicted octanol–water partition coefficient (Wildman–Crippen LogP) is 0.191. The van der Waals surface area contributed by atoms with Crippen molar-refractivity contribution in [1.82, 2.24) is 4.98 Å². The Morgan fingerprint density at radius 2 is 1.75 bits per heavy atom. The minimum atomic E-state index is 0. The molecule has 1 aromatic heterocycles. The first kappa shape index (κ1) is 14.5. The zero-order valence-electron chi connectivity index (χ0n) is 11.7. The molecule has 2 nitrogen and oxygen atoms in total. The molecule has 0 radical (unpaired) electrons. The lowest BCUT2D eigenvalue weighted by atomic mass is 10.0. The zero-order chi connectivity index (χ0) is 13.2. The zero-order valence-corrected chi connectivity index (χ0v) is 12.4. The van der Waals surface area contributed by atoms with Crippen LogP contribution < -0.4 is 17.0 Å². The Morgan fingerprint density at radius 3 is 2.60 bits per heavy atom. The summed E-state index contributed by atoms with van der Waals surface area (Å²) in [7, 11) is 0. The second-order valence-corrected chi connectivity index (χ2v) is 4.94. The molecule has 3 aromatic rings. The second-order valence-electron chi connectivity index (χ2n) is 4.94. The lowest BCUT2D eigenvalue weighted by Gasteiger charge is -2.05. The van der Waals surface area contributed by atoms with Crippen LogP contribution in [0.25, 0.3) is 10.8 Å². The molecule has 3 heteroatoms. The summed E-state index contributed by atoms with van der Waals surface area (Å²) in [5, 5.41) is 2.62. The summed E-state index contributed by atoms with van der Waals surface area (Å²) < 4.78 is 2.25. The summed E-state index contributed by atoms with van der Waals surface area (Å²) in [5.74, 6) is 0. The van der Waals surface area contributed by atoms with Crippen molar-refractivity contribution in [3.8, 4) is 0 Å². The van der Waals surface area contributed by atoms with E-state index in [-0.39, 0.29) is 12.4 Å². The lowest BCUT2D eigenvalue weighted by molar-refractivity contribution is -0.694. The first-order valence-electron chi connectivity index (χ1n) is 6.53. The van der Waals surface area contributed by atoms with E-state index in [0.717, 1.165) is 12.2 Å². The Hall–Kier alpha value is -1.93. The van der Waals surface area contributed by atoms with Gasteiger partial charge in [0.1, 0.15) is 5.69 Å². The average molecular weight is 285 g/mol. The maximum absolute atomic E-state index is 4.32. The summed E-state index contributed by atoms with van der Waals surface area (Å²) >= 11 is 0. The average Bonchev–Trinajstić information content (AvgIpc) is 2.43. The second kappa shape index (κ2) is 6.02. The molecule has 20 heavy (non-hydrogen) atoms. The molecule has 0 aliphatic heterocycles. The van der Waals surface area contributed by atoms with Gasteiger partial charge in [-0.15, -0.1) is 0 Å². The van der Waals surface area contributed by atoms with Crippen molar-refractivity contribution in [3.05, 3.63) is 71.8 Å². The number of halogens is 1. The highest BCUT2D eigenvalue weighted by Crippen LogP contribution is 2.18. The van der Waals surface area contributed by atoms with Crippen LogP contribution >= 0.6 is 0 Å². The number of aryl methyl sites for hydroxylation is 2. The van der Waals surface area contributed by atoms with E-state index in [4.69, 9.17) is 0 Å². The van der Waals surface area contributed by atoms with Gasteiger partial charge in [0, 0.05) is 12.5 Å². The number of hydrogen-bond donors (Lipinski definition) is 0. The standard InChI is InChI=1S/C17H17N2.ClH/c1-13-11-19(14(2)10-18-13)12-16-8-5-7-15-6-3-4-9-17(15)16;/h3-11H,12H2,1-2H3;1H/q+1;/p-1. The first-order chi connectivity index (χ1) is 9.24. The van der Waals surface area contributed by atoms with E-state index >= 15 is 0 Å². The molecule has 102 valence electrons. The first-order valence-corrected chi connectivity index (χ1v) is 6.53. The summed E-state index contributed by atoms with van der Waals surface area (Å²) in [4.78, 5) is 4.32. The van der Waals surface area contributed by atoms with Gasteiger partial charge in [-0.25, -0.2) is 4.98 Å². The van der Waals surface area contributed by atoms with Gasteiger partial charge in [0.25, 0.3) is 0 Å². The van der Waals surface area contributed by atoms with Crippen molar-refractivity contribution in [3.63, 3.8) is 0 Å². The molecule has 0 fully saturated rings. The molecular formula is C17H17ClN2. The summed E-state index contributed by atoms with van der Waals surface area (Å²) in [6.45, 7) is 5.01. The minimum absolute atomic E-state index is 0. The fourth-order valence-electron chi connectivity index (χ4n) is 2.41. The molecule has 0 spiro atoms. The van der Waals surface area contributed by atoms with E-state index in [1.807, 2.05) is 13.1 Å². The number of aromatic nitrogens is 2. The largest absolute Gasteiger partial charge is 1.00 e. The van der Waals surface area contributed by atoms with Crippen molar-refractivity contribution >= 4 is 10.8 Å². The highest BCUT2D eigenvalue weighted by Gasteiger charge is 2.10. The van der Waals surface area contributed by atoms with E-state index in [9.17, 15) is 0 Å². The highest BCUT2D eigenvalue weighted by molar-refractivity contribution is 5.85. The van der Waals surface area contributed by atoms with Gasteiger partial charge in [0.05, 0.1) is 6.20 Å². The van der Waals surface area contributed by atoms with Crippen LogP contribution in [0, 0.1) is 13.8 Å². The van der Waals surface area contributed by atoms with Crippen LogP contribution in [0.2, 0.25) is 0 Å². The van der Waals surface area contributed by atoms with Gasteiger partial charge < -0.3 is 12.4 Å². The van der Waals surface area contributed by atoms with Gasteiger partial charge in [-0.1, -0.05) is 42.5 Å². The van der Waals surface area contributed by atoms with Crippen LogP contribution in [-0.2, 0) is 6.54 Å². The van der Waals surface area contributed by atoms with E-state index < -0.39 is 0 Å². The van der Waals surface area contributed by atoms with Crippen LogP contribution in [0.3, 0.4) is 0 Å². The van der Waals surface area contributed by atoms with E-state index in [1.54, 1.807) is 0 Å². The monoisotopic (exact) mass is 284 g/mol. The Kier molecular flexibility index (Phi) is 4.35.